The second kappa shape index (κ2) is 8.20. The van der Waals surface area contributed by atoms with Gasteiger partial charge in [-0.05, 0) is 38.0 Å². The molecule has 4 aromatic rings. The van der Waals surface area contributed by atoms with Crippen LogP contribution in [0.1, 0.15) is 23.1 Å². The van der Waals surface area contributed by atoms with Gasteiger partial charge in [-0.1, -0.05) is 35.9 Å². The molecule has 2 aromatic carbocycles. The topological polar surface area (TPSA) is 76.9 Å². The van der Waals surface area contributed by atoms with Gasteiger partial charge in [0.05, 0.1) is 22.9 Å². The molecule has 0 radical (unpaired) electrons. The Kier molecular flexibility index (Phi) is 5.46. The molecule has 2 aromatic heterocycles. The third kappa shape index (κ3) is 4.02. The lowest BCUT2D eigenvalue weighted by Gasteiger charge is -2.07. The van der Waals surface area contributed by atoms with Crippen molar-refractivity contribution in [3.63, 3.8) is 0 Å². The Hall–Kier alpha value is -3.32. The summed E-state index contributed by atoms with van der Waals surface area (Å²) < 4.78 is 1.48. The van der Waals surface area contributed by atoms with Gasteiger partial charge in [-0.2, -0.15) is 0 Å². The fourth-order valence-corrected chi connectivity index (χ4v) is 4.18. The summed E-state index contributed by atoms with van der Waals surface area (Å²) in [5.74, 6) is -0.187. The van der Waals surface area contributed by atoms with E-state index in [2.05, 4.69) is 41.3 Å². The van der Waals surface area contributed by atoms with Crippen LogP contribution in [-0.2, 0) is 11.3 Å². The van der Waals surface area contributed by atoms with Crippen LogP contribution in [0.2, 0.25) is 0 Å². The van der Waals surface area contributed by atoms with Crippen molar-refractivity contribution in [1.29, 1.82) is 0 Å². The van der Waals surface area contributed by atoms with Gasteiger partial charge in [-0.15, -0.1) is 11.3 Å². The second-order valence-electron chi connectivity index (χ2n) is 7.37. The maximum Gasteiger partial charge on any atom is 0.261 e. The van der Waals surface area contributed by atoms with E-state index in [1.54, 1.807) is 6.07 Å². The highest BCUT2D eigenvalue weighted by molar-refractivity contribution is 7.14. The highest BCUT2D eigenvalue weighted by atomic mass is 32.1. The highest BCUT2D eigenvalue weighted by Gasteiger charge is 2.11. The number of benzene rings is 2. The molecule has 2 heterocycles. The van der Waals surface area contributed by atoms with Crippen molar-refractivity contribution in [2.75, 3.05) is 5.32 Å². The third-order valence-corrected chi connectivity index (χ3v) is 5.80. The van der Waals surface area contributed by atoms with E-state index in [9.17, 15) is 9.59 Å². The van der Waals surface area contributed by atoms with E-state index >= 15 is 0 Å². The van der Waals surface area contributed by atoms with Gasteiger partial charge in [-0.25, -0.2) is 9.97 Å². The maximum absolute atomic E-state index is 12.6. The van der Waals surface area contributed by atoms with Crippen molar-refractivity contribution in [2.24, 2.45) is 0 Å². The minimum atomic E-state index is -0.187. The van der Waals surface area contributed by atoms with Crippen molar-refractivity contribution in [3.8, 4) is 11.3 Å². The maximum atomic E-state index is 12.6. The quantitative estimate of drug-likeness (QED) is 0.519. The summed E-state index contributed by atoms with van der Waals surface area (Å²) in [6, 6.07) is 11.7. The number of fused-ring (bicyclic) bond motifs is 1. The molecule has 0 fully saturated rings. The van der Waals surface area contributed by atoms with E-state index in [0.29, 0.717) is 16.0 Å². The average molecular weight is 419 g/mol. The molecule has 7 heteroatoms. The Balaban J connectivity index is 1.44. The number of nitrogens with one attached hydrogen (secondary N) is 1. The molecule has 0 saturated heterocycles. The SMILES string of the molecule is Cc1ccc(-c2csc(NC(=O)CCn3cnc4c(C)cccc4c3=O)n2)c(C)c1. The zero-order valence-electron chi connectivity index (χ0n) is 17.1. The molecule has 0 atom stereocenters. The van der Waals surface area contributed by atoms with E-state index in [1.165, 1.54) is 27.8 Å². The monoisotopic (exact) mass is 418 g/mol. The van der Waals surface area contributed by atoms with E-state index in [1.807, 2.05) is 30.5 Å². The van der Waals surface area contributed by atoms with Crippen LogP contribution in [0.25, 0.3) is 22.2 Å². The fourth-order valence-electron chi connectivity index (χ4n) is 3.46. The Labute approximate surface area is 178 Å². The van der Waals surface area contributed by atoms with Gasteiger partial charge in [0.25, 0.3) is 5.56 Å². The zero-order chi connectivity index (χ0) is 21.3. The van der Waals surface area contributed by atoms with Crippen molar-refractivity contribution >= 4 is 33.3 Å². The number of para-hydroxylation sites is 1. The van der Waals surface area contributed by atoms with Crippen molar-refractivity contribution < 1.29 is 4.79 Å². The molecule has 1 amide bonds. The highest BCUT2D eigenvalue weighted by Crippen LogP contribution is 2.28. The summed E-state index contributed by atoms with van der Waals surface area (Å²) in [5, 5.41) is 5.89. The number of hydrogen-bond acceptors (Lipinski definition) is 5. The van der Waals surface area contributed by atoms with Crippen LogP contribution in [0.15, 0.2) is 52.9 Å². The summed E-state index contributed by atoms with van der Waals surface area (Å²) in [6.45, 7) is 6.29. The second-order valence-corrected chi connectivity index (χ2v) is 8.23. The van der Waals surface area contributed by atoms with Gasteiger partial charge < -0.3 is 5.32 Å². The Morgan fingerprint density at radius 1 is 1.13 bits per heavy atom. The number of thiazole rings is 1. The molecule has 30 heavy (non-hydrogen) atoms. The van der Waals surface area contributed by atoms with Crippen molar-refractivity contribution in [3.05, 3.63) is 75.1 Å². The van der Waals surface area contributed by atoms with Gasteiger partial charge in [0, 0.05) is 23.9 Å². The summed E-state index contributed by atoms with van der Waals surface area (Å²) in [4.78, 5) is 34.0. The first kappa shape index (κ1) is 20.0. The average Bonchev–Trinajstić information content (AvgIpc) is 3.16. The first-order chi connectivity index (χ1) is 14.4. The lowest BCUT2D eigenvalue weighted by atomic mass is 10.0. The number of rotatable bonds is 5. The predicted molar refractivity (Wildman–Crippen MR) is 121 cm³/mol. The number of aryl methyl sites for hydroxylation is 4. The van der Waals surface area contributed by atoms with Crippen LogP contribution in [0.4, 0.5) is 5.13 Å². The molecule has 0 spiro atoms. The molecule has 0 aliphatic rings. The lowest BCUT2D eigenvalue weighted by Crippen LogP contribution is -2.23. The van der Waals surface area contributed by atoms with Crippen LogP contribution in [0.3, 0.4) is 0 Å². The summed E-state index contributed by atoms with van der Waals surface area (Å²) >= 11 is 1.39. The molecule has 0 aliphatic carbocycles. The van der Waals surface area contributed by atoms with Gasteiger partial charge in [0.2, 0.25) is 5.91 Å². The molecule has 152 valence electrons. The van der Waals surface area contributed by atoms with Crippen LogP contribution >= 0.6 is 11.3 Å². The summed E-state index contributed by atoms with van der Waals surface area (Å²) in [5.41, 5.74) is 5.77. The molecule has 4 rings (SSSR count). The standard InChI is InChI=1S/C23H22N4O2S/c1-14-7-8-17(16(3)11-14)19-12-30-23(25-19)26-20(28)9-10-27-13-24-21-15(2)5-4-6-18(21)22(27)29/h4-8,11-13H,9-10H2,1-3H3,(H,25,26,28). The summed E-state index contributed by atoms with van der Waals surface area (Å²) in [7, 11) is 0. The van der Waals surface area contributed by atoms with Crippen LogP contribution < -0.4 is 10.9 Å². The van der Waals surface area contributed by atoms with Crippen molar-refractivity contribution in [2.45, 2.75) is 33.7 Å². The lowest BCUT2D eigenvalue weighted by molar-refractivity contribution is -0.116. The fraction of sp³-hybridized carbons (Fsp3) is 0.217. The third-order valence-electron chi connectivity index (χ3n) is 5.04. The van der Waals surface area contributed by atoms with Crippen LogP contribution in [0.5, 0.6) is 0 Å². The van der Waals surface area contributed by atoms with Gasteiger partial charge >= 0.3 is 0 Å². The normalized spacial score (nSPS) is 11.0. The minimum absolute atomic E-state index is 0.136. The zero-order valence-corrected chi connectivity index (χ0v) is 17.9. The first-order valence-electron chi connectivity index (χ1n) is 9.70. The molecule has 1 N–H and O–H groups in total. The molecular formula is C23H22N4O2S. The largest absolute Gasteiger partial charge is 0.302 e. The van der Waals surface area contributed by atoms with Gasteiger partial charge in [-0.3, -0.25) is 14.2 Å². The number of hydrogen-bond donors (Lipinski definition) is 1. The van der Waals surface area contributed by atoms with Crippen LogP contribution in [0, 0.1) is 20.8 Å². The first-order valence-corrected chi connectivity index (χ1v) is 10.6. The van der Waals surface area contributed by atoms with E-state index in [4.69, 9.17) is 0 Å². The van der Waals surface area contributed by atoms with E-state index in [-0.39, 0.29) is 24.4 Å². The molecular weight excluding hydrogens is 396 g/mol. The Morgan fingerprint density at radius 3 is 2.77 bits per heavy atom. The smallest absolute Gasteiger partial charge is 0.261 e. The van der Waals surface area contributed by atoms with Crippen LogP contribution in [-0.4, -0.2) is 20.4 Å². The van der Waals surface area contributed by atoms with Gasteiger partial charge in [0.15, 0.2) is 5.13 Å². The Morgan fingerprint density at radius 2 is 1.97 bits per heavy atom. The number of anilines is 1. The molecule has 6 nitrogen and oxygen atoms in total. The number of carbonyl (C=O) groups is 1. The van der Waals surface area contributed by atoms with E-state index < -0.39 is 0 Å². The molecule has 0 bridgehead atoms. The molecule has 0 aliphatic heterocycles. The molecule has 0 unspecified atom stereocenters. The number of aromatic nitrogens is 3. The Bertz CT molecular complexity index is 1310. The molecule has 0 saturated carbocycles. The summed E-state index contributed by atoms with van der Waals surface area (Å²) in [6.07, 6.45) is 1.67. The van der Waals surface area contributed by atoms with Crippen molar-refractivity contribution in [1.82, 2.24) is 14.5 Å². The van der Waals surface area contributed by atoms with E-state index in [0.717, 1.165) is 22.4 Å². The van der Waals surface area contributed by atoms with Gasteiger partial charge in [0.1, 0.15) is 0 Å². The number of amides is 1. The number of carbonyl (C=O) groups excluding carboxylic acids is 1. The predicted octanol–water partition coefficient (Wildman–Crippen LogP) is 4.47. The number of nitrogens with zero attached hydrogens (tertiary/aromatic N) is 3. The minimum Gasteiger partial charge on any atom is -0.302 e.